The Morgan fingerprint density at radius 2 is 1.33 bits per heavy atom. The minimum atomic E-state index is -1.13. The second-order valence-corrected chi connectivity index (χ2v) is 16.5. The molecule has 0 radical (unpaired) electrons. The van der Waals surface area contributed by atoms with Gasteiger partial charge in [-0.1, -0.05) is 6.07 Å². The van der Waals surface area contributed by atoms with Gasteiger partial charge in [0, 0.05) is 145 Å². The van der Waals surface area contributed by atoms with Gasteiger partial charge in [-0.2, -0.15) is 0 Å². The maximum atomic E-state index is 12.1. The van der Waals surface area contributed by atoms with Gasteiger partial charge in [0.25, 0.3) is 0 Å². The summed E-state index contributed by atoms with van der Waals surface area (Å²) in [6.45, 7) is 13.5. The number of aliphatic carboxylic acids is 4. The Bertz CT molecular complexity index is 2360. The summed E-state index contributed by atoms with van der Waals surface area (Å²) < 4.78 is 8.96. The smallest absolute Gasteiger partial charge is 0.317 e. The van der Waals surface area contributed by atoms with Crippen LogP contribution in [0.25, 0.3) is 33.4 Å². The van der Waals surface area contributed by atoms with Crippen LogP contribution in [-0.4, -0.2) is 180 Å². The van der Waals surface area contributed by atoms with Gasteiger partial charge in [0.05, 0.1) is 38.9 Å². The first-order valence-electron chi connectivity index (χ1n) is 22.0. The average molecular weight is 1080 g/mol. The first-order chi connectivity index (χ1) is 31.1. The van der Waals surface area contributed by atoms with Gasteiger partial charge in [-0.05, 0) is 88.3 Å². The van der Waals surface area contributed by atoms with Crippen LogP contribution in [0.4, 0.5) is 11.4 Å². The Balaban J connectivity index is 0.00000952. The number of aryl methyl sites for hydroxylation is 1. The van der Waals surface area contributed by atoms with E-state index in [0.717, 1.165) is 76.2 Å². The van der Waals surface area contributed by atoms with Crippen molar-refractivity contribution in [1.29, 1.82) is 0 Å². The molecule has 1 atom stereocenters. The van der Waals surface area contributed by atoms with Crippen molar-refractivity contribution in [3.8, 4) is 22.5 Å². The van der Waals surface area contributed by atoms with Crippen LogP contribution in [0.15, 0.2) is 59.0 Å². The minimum absolute atomic E-state index is 0. The number of hydrogen-bond acceptors (Lipinski definition) is 12. The van der Waals surface area contributed by atoms with Crippen molar-refractivity contribution in [2.24, 2.45) is 0 Å². The van der Waals surface area contributed by atoms with E-state index in [0.29, 0.717) is 5.69 Å². The first-order valence-corrected chi connectivity index (χ1v) is 22.4. The molecule has 1 unspecified atom stereocenters. The van der Waals surface area contributed by atoms with Crippen LogP contribution in [0.3, 0.4) is 0 Å². The molecule has 0 spiro atoms. The van der Waals surface area contributed by atoms with Crippen molar-refractivity contribution in [3.63, 3.8) is 0 Å². The molecule has 20 heteroatoms. The zero-order valence-corrected chi connectivity index (χ0v) is 41.4. The summed E-state index contributed by atoms with van der Waals surface area (Å²) in [5.41, 5.74) is 9.32. The summed E-state index contributed by atoms with van der Waals surface area (Å²) in [6.07, 6.45) is 0. The number of nitrogens with zero attached hydrogens (tertiary/aromatic N) is 6. The SMILES string of the molecule is CCN(CC)c1ccc2c(-c3ccc(NC(=S)NOCC4CN(CC(=O)O)CCN(CC(=O)O)CCN(CC(=O)O)CCN4CC(=O)O)cc3C)c3ccc(=[N+](CC)CC)cc-3oc2c1.[Gd]. The molecular formula is C46H63GdN8O10S+. The average Bonchev–Trinajstić information content (AvgIpc) is 3.24. The minimum Gasteiger partial charge on any atom is -0.480 e. The molecule has 2 heterocycles. The molecule has 360 valence electrons. The molecule has 6 N–H and O–H groups in total. The number of carbonyl (C=O) groups is 4. The van der Waals surface area contributed by atoms with Gasteiger partial charge in [-0.25, -0.2) is 10.1 Å². The predicted molar refractivity (Wildman–Crippen MR) is 253 cm³/mol. The van der Waals surface area contributed by atoms with E-state index in [1.54, 1.807) is 19.6 Å². The predicted octanol–water partition coefficient (Wildman–Crippen LogP) is 3.32. The van der Waals surface area contributed by atoms with Crippen molar-refractivity contribution < 1.29 is 88.8 Å². The van der Waals surface area contributed by atoms with Gasteiger partial charge < -0.3 is 35.1 Å². The molecular weight excluding hydrogens is 1010 g/mol. The molecule has 0 amide bonds. The summed E-state index contributed by atoms with van der Waals surface area (Å²) in [6, 6.07) is 18.0. The molecule has 1 aliphatic carbocycles. The largest absolute Gasteiger partial charge is 0.480 e. The topological polar surface area (TPSA) is 215 Å². The van der Waals surface area contributed by atoms with Crippen molar-refractivity contribution in [2.75, 3.05) is 115 Å². The molecule has 5 rings (SSSR count). The Kier molecular flexibility index (Phi) is 21.6. The van der Waals surface area contributed by atoms with Crippen LogP contribution in [0.1, 0.15) is 33.3 Å². The van der Waals surface area contributed by atoms with Gasteiger partial charge >= 0.3 is 23.9 Å². The van der Waals surface area contributed by atoms with E-state index >= 15 is 0 Å². The van der Waals surface area contributed by atoms with Crippen molar-refractivity contribution in [2.45, 2.75) is 40.7 Å². The molecule has 66 heavy (non-hydrogen) atoms. The van der Waals surface area contributed by atoms with E-state index < -0.39 is 36.5 Å². The summed E-state index contributed by atoms with van der Waals surface area (Å²) in [5.74, 6) is -3.61. The third-order valence-electron chi connectivity index (χ3n) is 11.7. The van der Waals surface area contributed by atoms with Gasteiger partial charge in [0.15, 0.2) is 5.11 Å². The molecule has 0 bridgehead atoms. The maximum Gasteiger partial charge on any atom is 0.317 e. The van der Waals surface area contributed by atoms with Crippen LogP contribution in [0.2, 0.25) is 0 Å². The zero-order valence-electron chi connectivity index (χ0n) is 38.3. The summed E-state index contributed by atoms with van der Waals surface area (Å²) in [7, 11) is 0. The number of rotatable bonds is 18. The number of carboxylic acids is 4. The molecule has 2 aromatic rings. The maximum absolute atomic E-state index is 12.1. The van der Waals surface area contributed by atoms with Crippen molar-refractivity contribution in [3.05, 3.63) is 65.5 Å². The molecule has 18 nitrogen and oxygen atoms in total. The molecule has 1 saturated heterocycles. The van der Waals surface area contributed by atoms with Gasteiger partial charge in [-0.15, -0.1) is 0 Å². The second kappa shape index (κ2) is 26.2. The van der Waals surface area contributed by atoms with E-state index in [9.17, 15) is 39.6 Å². The molecule has 3 aliphatic rings. The molecule has 0 aromatic heterocycles. The quantitative estimate of drug-likeness (QED) is 0.0365. The van der Waals surface area contributed by atoms with E-state index in [-0.39, 0.29) is 117 Å². The van der Waals surface area contributed by atoms with Gasteiger partial charge in [-0.3, -0.25) is 43.6 Å². The van der Waals surface area contributed by atoms with Crippen LogP contribution in [0, 0.1) is 46.9 Å². The normalized spacial score (nSPS) is 15.9. The molecule has 2 aromatic carbocycles. The third-order valence-corrected chi connectivity index (χ3v) is 11.9. The Morgan fingerprint density at radius 3 is 1.91 bits per heavy atom. The van der Waals surface area contributed by atoms with Gasteiger partial charge in [0.2, 0.25) is 5.36 Å². The fraction of sp³-hybridized carbons (Fsp3) is 0.478. The van der Waals surface area contributed by atoms with E-state index in [1.165, 1.54) is 0 Å². The fourth-order valence-electron chi connectivity index (χ4n) is 8.43. The van der Waals surface area contributed by atoms with Crippen LogP contribution in [0.5, 0.6) is 0 Å². The summed E-state index contributed by atoms with van der Waals surface area (Å²) in [4.78, 5) is 62.1. The van der Waals surface area contributed by atoms with Crippen molar-refractivity contribution >= 4 is 63.6 Å². The number of thiocarbonyl (C=S) groups is 1. The van der Waals surface area contributed by atoms with Crippen molar-refractivity contribution in [1.82, 2.24) is 29.7 Å². The van der Waals surface area contributed by atoms with Gasteiger partial charge in [0.1, 0.15) is 24.4 Å². The number of hydrogen-bond donors (Lipinski definition) is 6. The van der Waals surface area contributed by atoms with Crippen LogP contribution < -0.4 is 25.6 Å². The second-order valence-electron chi connectivity index (χ2n) is 16.1. The van der Waals surface area contributed by atoms with Crippen LogP contribution >= 0.6 is 12.2 Å². The summed E-state index contributed by atoms with van der Waals surface area (Å²) >= 11 is 5.63. The van der Waals surface area contributed by atoms with E-state index in [4.69, 9.17) is 21.5 Å². The van der Waals surface area contributed by atoms with E-state index in [2.05, 4.69) is 84.4 Å². The zero-order chi connectivity index (χ0) is 47.2. The summed E-state index contributed by atoms with van der Waals surface area (Å²) in [5, 5.41) is 44.1. The molecule has 1 fully saturated rings. The standard InChI is InChI=1S/C46H62N8O10S.Gd/c1-6-52(7-2)33-11-14-37-39(23-33)64-40-24-34(53(8-3)9-4)12-15-38(40)45(37)36-13-10-32(22-31(36)5)47-46(65)48-63-30-35-25-51(28-43(59)60)19-18-49(26-41(55)56)16-17-50(27-42(57)58)20-21-54(35)29-44(61)62;/h10-15,22-24,35H,6-9,16-21,25-30H2,1-5H3,(H5,48,55,56,57,58,59,60,61,62,65);/p+1. The molecule has 2 aliphatic heterocycles. The number of benzene rings is 3. The number of fused-ring (bicyclic) bond motifs is 2. The Morgan fingerprint density at radius 1 is 0.758 bits per heavy atom. The Labute approximate surface area is 422 Å². The first kappa shape index (κ1) is 54.2. The fourth-order valence-corrected chi connectivity index (χ4v) is 8.61. The number of hydroxylamine groups is 1. The molecule has 0 saturated carbocycles. The van der Waals surface area contributed by atoms with E-state index in [1.807, 2.05) is 25.1 Å². The number of carboxylic acid groups (broad SMARTS) is 4. The third kappa shape index (κ3) is 15.3. The number of nitrogens with one attached hydrogen (secondary N) is 2. The monoisotopic (exact) mass is 1080 g/mol. The Hall–Kier alpha value is -4.38. The number of anilines is 2. The van der Waals surface area contributed by atoms with Crippen LogP contribution in [-0.2, 0) is 24.0 Å².